The molecule has 0 saturated carbocycles. The highest BCUT2D eigenvalue weighted by Gasteiger charge is 2.20. The Bertz CT molecular complexity index is 542. The van der Waals surface area contributed by atoms with E-state index < -0.39 is 6.04 Å². The van der Waals surface area contributed by atoms with Crippen molar-refractivity contribution >= 4 is 11.8 Å². The van der Waals surface area contributed by atoms with Crippen LogP contribution in [-0.4, -0.2) is 42.5 Å². The van der Waals surface area contributed by atoms with Crippen LogP contribution in [0.25, 0.3) is 0 Å². The normalized spacial score (nSPS) is 11.2. The van der Waals surface area contributed by atoms with Gasteiger partial charge in [-0.1, -0.05) is 29.8 Å². The number of ether oxygens (including phenoxy) is 1. The number of nitrogens with zero attached hydrogens (tertiary/aromatic N) is 1. The molecule has 0 radical (unpaired) electrons. The van der Waals surface area contributed by atoms with Crippen LogP contribution in [0.15, 0.2) is 49.6 Å². The molecule has 1 unspecified atom stereocenters. The van der Waals surface area contributed by atoms with Gasteiger partial charge in [-0.05, 0) is 26.0 Å². The summed E-state index contributed by atoms with van der Waals surface area (Å²) in [7, 11) is 0. The lowest BCUT2D eigenvalue weighted by molar-refractivity contribution is -0.135. The summed E-state index contributed by atoms with van der Waals surface area (Å²) in [6.07, 6.45) is 3.27. The van der Waals surface area contributed by atoms with Crippen molar-refractivity contribution in [2.75, 3.05) is 19.7 Å². The molecule has 1 N–H and O–H groups in total. The second-order valence-electron chi connectivity index (χ2n) is 5.21. The van der Waals surface area contributed by atoms with Gasteiger partial charge in [0.05, 0.1) is 0 Å². The topological polar surface area (TPSA) is 58.6 Å². The molecule has 0 saturated heterocycles. The monoisotopic (exact) mass is 316 g/mol. The largest absolute Gasteiger partial charge is 0.484 e. The average molecular weight is 316 g/mol. The third-order valence-corrected chi connectivity index (χ3v) is 3.15. The highest BCUT2D eigenvalue weighted by molar-refractivity contribution is 5.88. The maximum absolute atomic E-state index is 12.2. The molecule has 0 aliphatic carbocycles. The zero-order chi connectivity index (χ0) is 17.2. The molecule has 1 rings (SSSR count). The molecule has 5 heteroatoms. The van der Waals surface area contributed by atoms with Crippen molar-refractivity contribution in [2.45, 2.75) is 19.9 Å². The standard InChI is InChI=1S/C18H24N2O3/c1-5-11-20(12-6-2)18(22)15(4)19-17(21)13-23-16-9-7-14(3)8-10-16/h5-10,15H,1-2,11-13H2,3-4H3,(H,19,21). The number of nitrogens with one attached hydrogen (secondary N) is 1. The van der Waals surface area contributed by atoms with Gasteiger partial charge >= 0.3 is 0 Å². The number of hydrogen-bond acceptors (Lipinski definition) is 3. The SMILES string of the molecule is C=CCN(CC=C)C(=O)C(C)NC(=O)COc1ccc(C)cc1. The summed E-state index contributed by atoms with van der Waals surface area (Å²) in [5, 5.41) is 2.63. The first-order valence-corrected chi connectivity index (χ1v) is 7.47. The molecule has 23 heavy (non-hydrogen) atoms. The lowest BCUT2D eigenvalue weighted by Crippen LogP contribution is -2.48. The van der Waals surface area contributed by atoms with Crippen molar-refractivity contribution in [3.63, 3.8) is 0 Å². The van der Waals surface area contributed by atoms with Crippen LogP contribution in [0.3, 0.4) is 0 Å². The minimum Gasteiger partial charge on any atom is -0.484 e. The molecule has 124 valence electrons. The third kappa shape index (κ3) is 6.38. The van der Waals surface area contributed by atoms with Crippen LogP contribution in [0.1, 0.15) is 12.5 Å². The average Bonchev–Trinajstić information content (AvgIpc) is 2.53. The van der Waals surface area contributed by atoms with Gasteiger partial charge in [0.1, 0.15) is 11.8 Å². The first-order valence-electron chi connectivity index (χ1n) is 7.47. The molecule has 1 atom stereocenters. The van der Waals surface area contributed by atoms with E-state index in [-0.39, 0.29) is 18.4 Å². The van der Waals surface area contributed by atoms with E-state index in [4.69, 9.17) is 4.74 Å². The van der Waals surface area contributed by atoms with Crippen LogP contribution in [0.5, 0.6) is 5.75 Å². The zero-order valence-electron chi connectivity index (χ0n) is 13.7. The molecule has 0 aliphatic heterocycles. The third-order valence-electron chi connectivity index (χ3n) is 3.15. The van der Waals surface area contributed by atoms with E-state index in [1.54, 1.807) is 36.1 Å². The summed E-state index contributed by atoms with van der Waals surface area (Å²) in [6, 6.07) is 6.77. The molecule has 1 aromatic rings. The van der Waals surface area contributed by atoms with Crippen LogP contribution >= 0.6 is 0 Å². The lowest BCUT2D eigenvalue weighted by atomic mass is 10.2. The van der Waals surface area contributed by atoms with Gasteiger partial charge in [-0.25, -0.2) is 0 Å². The first-order chi connectivity index (χ1) is 11.0. The van der Waals surface area contributed by atoms with Crippen molar-refractivity contribution in [3.8, 4) is 5.75 Å². The molecule has 0 spiro atoms. The van der Waals surface area contributed by atoms with E-state index in [1.807, 2.05) is 19.1 Å². The van der Waals surface area contributed by atoms with Crippen LogP contribution in [-0.2, 0) is 9.59 Å². The number of rotatable bonds is 9. The molecule has 0 aliphatic rings. The molecule has 0 fully saturated rings. The maximum Gasteiger partial charge on any atom is 0.258 e. The number of carbonyl (C=O) groups is 2. The molecule has 1 aromatic carbocycles. The van der Waals surface area contributed by atoms with Crippen molar-refractivity contribution in [1.82, 2.24) is 10.2 Å². The molecule has 0 heterocycles. The summed E-state index contributed by atoms with van der Waals surface area (Å²) >= 11 is 0. The fraction of sp³-hybridized carbons (Fsp3) is 0.333. The van der Waals surface area contributed by atoms with E-state index in [0.29, 0.717) is 18.8 Å². The van der Waals surface area contributed by atoms with Crippen molar-refractivity contribution in [3.05, 3.63) is 55.1 Å². The van der Waals surface area contributed by atoms with Gasteiger partial charge < -0.3 is 15.0 Å². The van der Waals surface area contributed by atoms with Crippen LogP contribution in [0.4, 0.5) is 0 Å². The van der Waals surface area contributed by atoms with Crippen molar-refractivity contribution < 1.29 is 14.3 Å². The second kappa shape index (κ2) is 9.46. The Kier molecular flexibility index (Phi) is 7.60. The van der Waals surface area contributed by atoms with Gasteiger partial charge in [0.15, 0.2) is 6.61 Å². The van der Waals surface area contributed by atoms with E-state index in [1.165, 1.54) is 0 Å². The maximum atomic E-state index is 12.2. The number of amides is 2. The quantitative estimate of drug-likeness (QED) is 0.710. The van der Waals surface area contributed by atoms with Gasteiger partial charge in [0.2, 0.25) is 5.91 Å². The first kappa shape index (κ1) is 18.5. The van der Waals surface area contributed by atoms with E-state index >= 15 is 0 Å². The minimum atomic E-state index is -0.635. The van der Waals surface area contributed by atoms with Crippen LogP contribution < -0.4 is 10.1 Å². The Morgan fingerprint density at radius 3 is 2.30 bits per heavy atom. The Morgan fingerprint density at radius 1 is 1.22 bits per heavy atom. The predicted molar refractivity (Wildman–Crippen MR) is 91.3 cm³/mol. The number of aryl methyl sites for hydroxylation is 1. The molecule has 0 aromatic heterocycles. The van der Waals surface area contributed by atoms with Crippen molar-refractivity contribution in [2.24, 2.45) is 0 Å². The highest BCUT2D eigenvalue weighted by atomic mass is 16.5. The van der Waals surface area contributed by atoms with Gasteiger partial charge in [-0.15, -0.1) is 13.2 Å². The lowest BCUT2D eigenvalue weighted by Gasteiger charge is -2.23. The smallest absolute Gasteiger partial charge is 0.258 e. The van der Waals surface area contributed by atoms with Crippen LogP contribution in [0, 0.1) is 6.92 Å². The number of carbonyl (C=O) groups excluding carboxylic acids is 2. The van der Waals surface area contributed by atoms with Crippen LogP contribution in [0.2, 0.25) is 0 Å². The van der Waals surface area contributed by atoms with Gasteiger partial charge in [-0.3, -0.25) is 9.59 Å². The van der Waals surface area contributed by atoms with Gasteiger partial charge in [0.25, 0.3) is 5.91 Å². The Labute approximate surface area is 137 Å². The summed E-state index contributed by atoms with van der Waals surface area (Å²) in [5.74, 6) is 0.0849. The van der Waals surface area contributed by atoms with E-state index in [2.05, 4.69) is 18.5 Å². The number of benzene rings is 1. The summed E-state index contributed by atoms with van der Waals surface area (Å²) < 4.78 is 5.39. The fourth-order valence-corrected chi connectivity index (χ4v) is 1.97. The predicted octanol–water partition coefficient (Wildman–Crippen LogP) is 2.08. The van der Waals surface area contributed by atoms with Gasteiger partial charge in [-0.2, -0.15) is 0 Å². The zero-order valence-corrected chi connectivity index (χ0v) is 13.7. The van der Waals surface area contributed by atoms with Crippen molar-refractivity contribution in [1.29, 1.82) is 0 Å². The Balaban J connectivity index is 2.48. The van der Waals surface area contributed by atoms with E-state index in [0.717, 1.165) is 5.56 Å². The summed E-state index contributed by atoms with van der Waals surface area (Å²) in [4.78, 5) is 25.7. The fourth-order valence-electron chi connectivity index (χ4n) is 1.97. The molecular formula is C18H24N2O3. The molecule has 2 amide bonds. The summed E-state index contributed by atoms with van der Waals surface area (Å²) in [6.45, 7) is 11.5. The van der Waals surface area contributed by atoms with E-state index in [9.17, 15) is 9.59 Å². The highest BCUT2D eigenvalue weighted by Crippen LogP contribution is 2.10. The second-order valence-corrected chi connectivity index (χ2v) is 5.21. The van der Waals surface area contributed by atoms with Gasteiger partial charge in [0, 0.05) is 13.1 Å². The molecule has 5 nitrogen and oxygen atoms in total. The molecular weight excluding hydrogens is 292 g/mol. The number of hydrogen-bond donors (Lipinski definition) is 1. The molecule has 0 bridgehead atoms. The Morgan fingerprint density at radius 2 is 1.78 bits per heavy atom. The Hall–Kier alpha value is -2.56. The summed E-state index contributed by atoms with van der Waals surface area (Å²) in [5.41, 5.74) is 1.12. The minimum absolute atomic E-state index is 0.135.